The van der Waals surface area contributed by atoms with Crippen LogP contribution in [0.5, 0.6) is 0 Å². The molecule has 0 aliphatic rings. The number of rotatable bonds is 1. The van der Waals surface area contributed by atoms with Gasteiger partial charge in [-0.05, 0) is 68.7 Å². The molecule has 5 aromatic rings. The van der Waals surface area contributed by atoms with Crippen molar-refractivity contribution in [1.82, 2.24) is 4.98 Å². The van der Waals surface area contributed by atoms with Gasteiger partial charge in [-0.3, -0.25) is 4.98 Å². The zero-order valence-corrected chi connectivity index (χ0v) is 16.1. The van der Waals surface area contributed by atoms with E-state index in [0.717, 1.165) is 22.4 Å². The highest BCUT2D eigenvalue weighted by Crippen LogP contribution is 2.42. The molecule has 5 rings (SSSR count). The molecule has 0 spiro atoms. The summed E-state index contributed by atoms with van der Waals surface area (Å²) in [7, 11) is 0. The highest BCUT2D eigenvalue weighted by Gasteiger charge is 2.17. The van der Waals surface area contributed by atoms with Gasteiger partial charge in [0.15, 0.2) is 0 Å². The van der Waals surface area contributed by atoms with E-state index in [0.29, 0.717) is 0 Å². The van der Waals surface area contributed by atoms with E-state index in [9.17, 15) is 0 Å². The van der Waals surface area contributed by atoms with E-state index in [-0.39, 0.29) is 0 Å². The van der Waals surface area contributed by atoms with Crippen LogP contribution >= 0.6 is 11.3 Å². The first-order valence-electron chi connectivity index (χ1n) is 8.82. The summed E-state index contributed by atoms with van der Waals surface area (Å²) in [5, 5.41) is 3.73. The maximum absolute atomic E-state index is 6.35. The van der Waals surface area contributed by atoms with E-state index >= 15 is 0 Å². The number of pyridine rings is 1. The molecular formula is C23H19NOS. The van der Waals surface area contributed by atoms with Crippen LogP contribution in [0.3, 0.4) is 0 Å². The lowest BCUT2D eigenvalue weighted by molar-refractivity contribution is 0.670. The van der Waals surface area contributed by atoms with Gasteiger partial charge in [-0.15, -0.1) is 11.3 Å². The quantitative estimate of drug-likeness (QED) is 0.320. The Morgan fingerprint density at radius 1 is 0.923 bits per heavy atom. The van der Waals surface area contributed by atoms with Crippen LogP contribution in [0.1, 0.15) is 21.6 Å². The van der Waals surface area contributed by atoms with Crippen molar-refractivity contribution in [2.45, 2.75) is 27.7 Å². The average molecular weight is 357 g/mol. The lowest BCUT2D eigenvalue weighted by Gasteiger charge is -2.05. The summed E-state index contributed by atoms with van der Waals surface area (Å²) < 4.78 is 7.67. The molecule has 3 heteroatoms. The molecule has 0 aliphatic heterocycles. The summed E-state index contributed by atoms with van der Waals surface area (Å²) in [6.07, 6.45) is 1.94. The van der Waals surface area contributed by atoms with E-state index in [4.69, 9.17) is 4.42 Å². The van der Waals surface area contributed by atoms with Gasteiger partial charge in [-0.2, -0.15) is 0 Å². The molecule has 0 unspecified atom stereocenters. The van der Waals surface area contributed by atoms with E-state index in [2.05, 4.69) is 69.1 Å². The van der Waals surface area contributed by atoms with Crippen molar-refractivity contribution in [2.24, 2.45) is 0 Å². The number of hydrogen-bond donors (Lipinski definition) is 0. The zero-order valence-electron chi connectivity index (χ0n) is 15.3. The number of para-hydroxylation sites is 1. The zero-order chi connectivity index (χ0) is 18.0. The van der Waals surface area contributed by atoms with Crippen molar-refractivity contribution in [1.29, 1.82) is 0 Å². The minimum atomic E-state index is 0.925. The molecule has 26 heavy (non-hydrogen) atoms. The first-order valence-corrected chi connectivity index (χ1v) is 9.64. The standard InChI is InChI=1S/C23H19NOS/c1-12-10-18(24-11-13(12)2)16-6-5-7-17-22-19(25-23(16)17)8-9-20-21(22)14(3)15(4)26-20/h5-11H,1-4H3. The summed E-state index contributed by atoms with van der Waals surface area (Å²) in [4.78, 5) is 6.03. The van der Waals surface area contributed by atoms with Crippen molar-refractivity contribution >= 4 is 43.4 Å². The number of aromatic nitrogens is 1. The SMILES string of the molecule is Cc1cnc(-c2cccc3c2oc2ccc4sc(C)c(C)c4c23)cc1C. The molecule has 0 radical (unpaired) electrons. The minimum Gasteiger partial charge on any atom is -0.455 e. The fourth-order valence-corrected chi connectivity index (χ4v) is 4.80. The van der Waals surface area contributed by atoms with Gasteiger partial charge in [0.25, 0.3) is 0 Å². The maximum atomic E-state index is 6.35. The summed E-state index contributed by atoms with van der Waals surface area (Å²) >= 11 is 1.86. The number of nitrogens with zero attached hydrogens (tertiary/aromatic N) is 1. The number of aryl methyl sites for hydroxylation is 4. The van der Waals surface area contributed by atoms with Crippen LogP contribution < -0.4 is 0 Å². The second kappa shape index (κ2) is 5.42. The van der Waals surface area contributed by atoms with Crippen molar-refractivity contribution in [3.63, 3.8) is 0 Å². The Balaban J connectivity index is 1.92. The molecule has 3 heterocycles. The molecule has 0 amide bonds. The Kier molecular flexibility index (Phi) is 3.25. The first kappa shape index (κ1) is 15.6. The third-order valence-corrected chi connectivity index (χ3v) is 6.61. The van der Waals surface area contributed by atoms with Crippen LogP contribution in [0.25, 0.3) is 43.3 Å². The van der Waals surface area contributed by atoms with Crippen LogP contribution in [0.2, 0.25) is 0 Å². The van der Waals surface area contributed by atoms with Gasteiger partial charge in [0.05, 0.1) is 5.69 Å². The molecule has 0 N–H and O–H groups in total. The minimum absolute atomic E-state index is 0.925. The number of furan rings is 1. The Hall–Kier alpha value is -2.65. The van der Waals surface area contributed by atoms with Gasteiger partial charge in [-0.1, -0.05) is 12.1 Å². The molecule has 128 valence electrons. The second-order valence-corrected chi connectivity index (χ2v) is 8.29. The molecule has 0 fully saturated rings. The van der Waals surface area contributed by atoms with E-state index < -0.39 is 0 Å². The van der Waals surface area contributed by atoms with Gasteiger partial charge >= 0.3 is 0 Å². The van der Waals surface area contributed by atoms with Crippen LogP contribution in [-0.4, -0.2) is 4.98 Å². The third-order valence-electron chi connectivity index (χ3n) is 5.44. The van der Waals surface area contributed by atoms with Crippen molar-refractivity contribution in [3.05, 3.63) is 64.2 Å². The lowest BCUT2D eigenvalue weighted by atomic mass is 10.0. The van der Waals surface area contributed by atoms with E-state index in [1.165, 1.54) is 42.4 Å². The Labute approximate surface area is 156 Å². The Bertz CT molecular complexity index is 1320. The van der Waals surface area contributed by atoms with Crippen LogP contribution in [-0.2, 0) is 0 Å². The highest BCUT2D eigenvalue weighted by molar-refractivity contribution is 7.19. The summed E-state index contributed by atoms with van der Waals surface area (Å²) in [6.45, 7) is 8.62. The van der Waals surface area contributed by atoms with Crippen molar-refractivity contribution in [2.75, 3.05) is 0 Å². The number of benzene rings is 2. The van der Waals surface area contributed by atoms with Crippen molar-refractivity contribution < 1.29 is 4.42 Å². The number of fused-ring (bicyclic) bond motifs is 5. The first-order chi connectivity index (χ1) is 12.5. The Morgan fingerprint density at radius 2 is 1.77 bits per heavy atom. The molecule has 0 saturated carbocycles. The van der Waals surface area contributed by atoms with Crippen LogP contribution in [0.15, 0.2) is 47.0 Å². The Morgan fingerprint density at radius 3 is 2.58 bits per heavy atom. The van der Waals surface area contributed by atoms with Crippen molar-refractivity contribution in [3.8, 4) is 11.3 Å². The van der Waals surface area contributed by atoms with E-state index in [1.54, 1.807) is 0 Å². The monoisotopic (exact) mass is 357 g/mol. The molecule has 0 saturated heterocycles. The van der Waals surface area contributed by atoms with E-state index in [1.807, 2.05) is 17.5 Å². The van der Waals surface area contributed by atoms with Gasteiger partial charge < -0.3 is 4.42 Å². The second-order valence-electron chi connectivity index (χ2n) is 7.03. The van der Waals surface area contributed by atoms with Gasteiger partial charge in [-0.25, -0.2) is 0 Å². The molecule has 0 bridgehead atoms. The van der Waals surface area contributed by atoms with Crippen LogP contribution in [0.4, 0.5) is 0 Å². The molecule has 2 nitrogen and oxygen atoms in total. The number of hydrogen-bond acceptors (Lipinski definition) is 3. The smallest absolute Gasteiger partial charge is 0.144 e. The summed E-state index contributed by atoms with van der Waals surface area (Å²) in [5.41, 5.74) is 7.70. The third kappa shape index (κ3) is 2.07. The lowest BCUT2D eigenvalue weighted by Crippen LogP contribution is -1.88. The molecule has 3 aromatic heterocycles. The molecule has 0 atom stereocenters. The molecule has 0 aliphatic carbocycles. The fraction of sp³-hybridized carbons (Fsp3) is 0.174. The molecule has 2 aromatic carbocycles. The van der Waals surface area contributed by atoms with Gasteiger partial charge in [0.2, 0.25) is 0 Å². The molecular weight excluding hydrogens is 338 g/mol. The average Bonchev–Trinajstić information content (AvgIpc) is 3.15. The highest BCUT2D eigenvalue weighted by atomic mass is 32.1. The van der Waals surface area contributed by atoms with Gasteiger partial charge in [0.1, 0.15) is 11.2 Å². The largest absolute Gasteiger partial charge is 0.455 e. The summed E-state index contributed by atoms with van der Waals surface area (Å²) in [5.74, 6) is 0. The van der Waals surface area contributed by atoms with Gasteiger partial charge in [0, 0.05) is 37.5 Å². The summed E-state index contributed by atoms with van der Waals surface area (Å²) in [6, 6.07) is 12.8. The maximum Gasteiger partial charge on any atom is 0.144 e. The predicted octanol–water partition coefficient (Wildman–Crippen LogP) is 7.10. The normalized spacial score (nSPS) is 11.8. The predicted molar refractivity (Wildman–Crippen MR) is 111 cm³/mol. The number of thiophene rings is 1. The fourth-order valence-electron chi connectivity index (χ4n) is 3.72. The van der Waals surface area contributed by atoms with Crippen LogP contribution in [0, 0.1) is 27.7 Å². The topological polar surface area (TPSA) is 26.0 Å².